The van der Waals surface area contributed by atoms with Gasteiger partial charge in [-0.1, -0.05) is 0 Å². The van der Waals surface area contributed by atoms with E-state index in [1.54, 1.807) is 0 Å². The Morgan fingerprint density at radius 3 is 1.80 bits per heavy atom. The van der Waals surface area contributed by atoms with Gasteiger partial charge in [-0.05, 0) is 6.92 Å². The van der Waals surface area contributed by atoms with Crippen LogP contribution in [0.5, 0.6) is 0 Å². The molecule has 1 nitrogen and oxygen atoms in total. The molecule has 0 saturated carbocycles. The molecule has 0 aromatic heterocycles. The van der Waals surface area contributed by atoms with Crippen LogP contribution >= 0.6 is 12.6 Å². The van der Waals surface area contributed by atoms with Gasteiger partial charge in [-0.25, -0.2) is 0 Å². The van der Waals surface area contributed by atoms with Gasteiger partial charge in [-0.3, -0.25) is 0 Å². The molecular formula is C2H7AuNS. The first-order valence-corrected chi connectivity index (χ1v) is 1.69. The average Bonchev–Trinajstić information content (AvgIpc) is 0.811. The molecule has 0 rings (SSSR count). The molecule has 0 saturated heterocycles. The number of thiol groups is 1. The third-order valence-corrected chi connectivity index (χ3v) is 0. The van der Waals surface area contributed by atoms with E-state index < -0.39 is 0 Å². The second-order valence-electron chi connectivity index (χ2n) is 0.741. The molecule has 1 unspecified atom stereocenters. The topological polar surface area (TPSA) is 26.0 Å². The third-order valence-electron chi connectivity index (χ3n) is 0. The van der Waals surface area contributed by atoms with Gasteiger partial charge in [0.1, 0.15) is 0 Å². The number of rotatable bonds is 0. The van der Waals surface area contributed by atoms with Gasteiger partial charge in [-0.2, -0.15) is 12.6 Å². The summed E-state index contributed by atoms with van der Waals surface area (Å²) >= 11 is 3.74. The standard InChI is InChI=1S/C2H7NS.Au/c1-2(3)4;/h2,4H,3H2,1H3;. The zero-order valence-electron chi connectivity index (χ0n) is 2.90. The Bertz CT molecular complexity index is 14.4. The van der Waals surface area contributed by atoms with Gasteiger partial charge in [0.25, 0.3) is 0 Å². The minimum atomic E-state index is 0. The van der Waals surface area contributed by atoms with Crippen molar-refractivity contribution in [2.75, 3.05) is 0 Å². The molecule has 0 fully saturated rings. The Balaban J connectivity index is 0. The zero-order valence-corrected chi connectivity index (χ0v) is 5.96. The number of nitrogens with two attached hydrogens (primary N) is 1. The third kappa shape index (κ3) is 42.6. The molecule has 37 valence electrons. The van der Waals surface area contributed by atoms with Crippen molar-refractivity contribution in [3.8, 4) is 0 Å². The maximum absolute atomic E-state index is 4.98. The fourth-order valence-electron chi connectivity index (χ4n) is 0. The van der Waals surface area contributed by atoms with Crippen molar-refractivity contribution >= 4 is 12.6 Å². The fraction of sp³-hybridized carbons (Fsp3) is 1.00. The summed E-state index contributed by atoms with van der Waals surface area (Å²) in [5.74, 6) is 0. The predicted molar refractivity (Wildman–Crippen MR) is 22.6 cm³/mol. The molecule has 0 aromatic rings. The zero-order chi connectivity index (χ0) is 3.58. The van der Waals surface area contributed by atoms with Crippen LogP contribution in [0.4, 0.5) is 0 Å². The second kappa shape index (κ2) is 5.05. The van der Waals surface area contributed by atoms with E-state index in [1.807, 2.05) is 6.92 Å². The van der Waals surface area contributed by atoms with Crippen LogP contribution in [0.15, 0.2) is 0 Å². The van der Waals surface area contributed by atoms with Crippen molar-refractivity contribution in [2.45, 2.75) is 12.3 Å². The quantitative estimate of drug-likeness (QED) is 0.369. The summed E-state index contributed by atoms with van der Waals surface area (Å²) in [6, 6.07) is 0. The molecule has 5 heavy (non-hydrogen) atoms. The first kappa shape index (κ1) is 9.41. The molecule has 2 N–H and O–H groups in total. The van der Waals surface area contributed by atoms with E-state index in [4.69, 9.17) is 5.73 Å². The van der Waals surface area contributed by atoms with Gasteiger partial charge < -0.3 is 5.73 Å². The second-order valence-corrected chi connectivity index (χ2v) is 1.56. The number of hydrogen-bond donors (Lipinski definition) is 2. The van der Waals surface area contributed by atoms with Crippen LogP contribution in [-0.4, -0.2) is 5.37 Å². The first-order chi connectivity index (χ1) is 1.73. The van der Waals surface area contributed by atoms with E-state index >= 15 is 0 Å². The average molecular weight is 274 g/mol. The molecule has 0 aliphatic carbocycles. The molecule has 3 heteroatoms. The Labute approximate surface area is 53.2 Å². The van der Waals surface area contributed by atoms with Crippen molar-refractivity contribution in [3.05, 3.63) is 0 Å². The van der Waals surface area contributed by atoms with Crippen molar-refractivity contribution in [3.63, 3.8) is 0 Å². The van der Waals surface area contributed by atoms with Gasteiger partial charge in [0.2, 0.25) is 0 Å². The summed E-state index contributed by atoms with van der Waals surface area (Å²) < 4.78 is 0. The molecule has 0 aliphatic rings. The largest absolute Gasteiger partial charge is 0.320 e. The van der Waals surface area contributed by atoms with Gasteiger partial charge >= 0.3 is 0 Å². The maximum Gasteiger partial charge on any atom is 0.0448 e. The van der Waals surface area contributed by atoms with E-state index in [0.29, 0.717) is 0 Å². The number of hydrogen-bond acceptors (Lipinski definition) is 2. The summed E-state index contributed by atoms with van der Waals surface area (Å²) in [5, 5.41) is 0.0278. The van der Waals surface area contributed by atoms with Crippen LogP contribution in [0.1, 0.15) is 6.92 Å². The minimum absolute atomic E-state index is 0. The molecule has 0 aromatic carbocycles. The van der Waals surface area contributed by atoms with Crippen LogP contribution in [0.25, 0.3) is 0 Å². The fourth-order valence-corrected chi connectivity index (χ4v) is 0. The first-order valence-electron chi connectivity index (χ1n) is 1.17. The molecule has 0 spiro atoms. The van der Waals surface area contributed by atoms with E-state index in [2.05, 4.69) is 12.6 Å². The molecule has 0 aliphatic heterocycles. The Morgan fingerprint density at radius 2 is 1.80 bits per heavy atom. The molecule has 1 radical (unpaired) electrons. The Morgan fingerprint density at radius 1 is 1.80 bits per heavy atom. The summed E-state index contributed by atoms with van der Waals surface area (Å²) in [5.41, 5.74) is 4.98. The monoisotopic (exact) mass is 274 g/mol. The Hall–Kier alpha value is 1.05. The van der Waals surface area contributed by atoms with Gasteiger partial charge in [-0.15, -0.1) is 0 Å². The summed E-state index contributed by atoms with van der Waals surface area (Å²) in [6.07, 6.45) is 0. The smallest absolute Gasteiger partial charge is 0.0448 e. The van der Waals surface area contributed by atoms with Crippen LogP contribution in [0, 0.1) is 0 Å². The van der Waals surface area contributed by atoms with E-state index in [1.165, 1.54) is 0 Å². The Kier molecular flexibility index (Phi) is 9.50. The summed E-state index contributed by atoms with van der Waals surface area (Å²) in [6.45, 7) is 1.81. The maximum atomic E-state index is 4.98. The molecule has 1 atom stereocenters. The van der Waals surface area contributed by atoms with Gasteiger partial charge in [0.15, 0.2) is 0 Å². The SMILES string of the molecule is CC(N)S.[Au]. The van der Waals surface area contributed by atoms with Crippen molar-refractivity contribution in [2.24, 2.45) is 5.73 Å². The van der Waals surface area contributed by atoms with E-state index in [0.717, 1.165) is 0 Å². The molecule has 0 amide bonds. The van der Waals surface area contributed by atoms with Gasteiger partial charge in [0, 0.05) is 27.8 Å². The normalized spacial score (nSPS) is 12.6. The molecule has 0 bridgehead atoms. The van der Waals surface area contributed by atoms with Crippen LogP contribution in [-0.2, 0) is 22.4 Å². The van der Waals surface area contributed by atoms with Crippen LogP contribution in [0.2, 0.25) is 0 Å². The van der Waals surface area contributed by atoms with Crippen LogP contribution in [0.3, 0.4) is 0 Å². The van der Waals surface area contributed by atoms with Crippen molar-refractivity contribution in [1.29, 1.82) is 0 Å². The minimum Gasteiger partial charge on any atom is -0.320 e. The molecule has 0 heterocycles. The van der Waals surface area contributed by atoms with Crippen molar-refractivity contribution in [1.82, 2.24) is 0 Å². The predicted octanol–water partition coefficient (Wildman–Crippen LogP) is 0.218. The van der Waals surface area contributed by atoms with E-state index in [-0.39, 0.29) is 27.8 Å². The molecular weight excluding hydrogens is 267 g/mol. The van der Waals surface area contributed by atoms with Crippen LogP contribution < -0.4 is 5.73 Å². The summed E-state index contributed by atoms with van der Waals surface area (Å²) in [4.78, 5) is 0. The van der Waals surface area contributed by atoms with Crippen molar-refractivity contribution < 1.29 is 22.4 Å². The summed E-state index contributed by atoms with van der Waals surface area (Å²) in [7, 11) is 0. The van der Waals surface area contributed by atoms with Gasteiger partial charge in [0.05, 0.1) is 0 Å². The van der Waals surface area contributed by atoms with E-state index in [9.17, 15) is 0 Å².